The predicted molar refractivity (Wildman–Crippen MR) is 104 cm³/mol. The van der Waals surface area contributed by atoms with Crippen LogP contribution in [0.3, 0.4) is 0 Å². The van der Waals surface area contributed by atoms with Gasteiger partial charge in [0, 0.05) is 11.5 Å². The van der Waals surface area contributed by atoms with Crippen LogP contribution in [0.4, 0.5) is 0 Å². The van der Waals surface area contributed by atoms with Gasteiger partial charge < -0.3 is 4.74 Å². The molecule has 1 aliphatic heterocycles. The summed E-state index contributed by atoms with van der Waals surface area (Å²) < 4.78 is 5.54. The Hall–Kier alpha value is -1.48. The Morgan fingerprint density at radius 1 is 0.920 bits per heavy atom. The average molecular weight is 387 g/mol. The van der Waals surface area contributed by atoms with Gasteiger partial charge in [0.2, 0.25) is 0 Å². The van der Waals surface area contributed by atoms with E-state index in [2.05, 4.69) is 43.3 Å². The van der Waals surface area contributed by atoms with Crippen molar-refractivity contribution in [1.82, 2.24) is 0 Å². The quantitative estimate of drug-likeness (QED) is 0.465. The van der Waals surface area contributed by atoms with E-state index in [4.69, 9.17) is 27.9 Å². The number of hydrogen-bond donors (Lipinski definition) is 0. The molecule has 0 spiro atoms. The Kier molecular flexibility index (Phi) is 3.17. The smallest absolute Gasteiger partial charge is 0.186 e. The van der Waals surface area contributed by atoms with Gasteiger partial charge in [0.15, 0.2) is 9.93 Å². The Labute approximate surface area is 161 Å². The van der Waals surface area contributed by atoms with Gasteiger partial charge in [-0.25, -0.2) is 0 Å². The minimum Gasteiger partial charge on any atom is -0.477 e. The van der Waals surface area contributed by atoms with Crippen molar-refractivity contribution in [2.24, 2.45) is 5.41 Å². The van der Waals surface area contributed by atoms with Crippen molar-refractivity contribution in [3.63, 3.8) is 0 Å². The summed E-state index contributed by atoms with van der Waals surface area (Å²) in [5, 5.41) is 2.05. The molecule has 1 aliphatic carbocycles. The molecule has 0 amide bonds. The molecule has 1 nitrogen and oxygen atoms in total. The molecule has 5 rings (SSSR count). The monoisotopic (exact) mass is 386 g/mol. The normalized spacial score (nSPS) is 31.6. The summed E-state index contributed by atoms with van der Waals surface area (Å²) in [6.07, 6.45) is 0. The van der Waals surface area contributed by atoms with Crippen LogP contribution in [-0.4, -0.2) is 4.33 Å². The lowest BCUT2D eigenvalue weighted by molar-refractivity contribution is 0.105. The number of para-hydroxylation sites is 1. The van der Waals surface area contributed by atoms with E-state index in [1.165, 1.54) is 5.56 Å². The molecule has 0 unspecified atom stereocenters. The standard InChI is InChI=1S/C21H16Cl2OS/c1-19-18(14-8-3-2-4-9-14)15-10-5-6-11-16(15)24-20(19,21(19,22)23)17-12-7-13-25-17/h2-13,18H,1H3/t18-,19-,20+/m1/s1. The van der Waals surface area contributed by atoms with Crippen LogP contribution >= 0.6 is 34.5 Å². The van der Waals surface area contributed by atoms with E-state index in [-0.39, 0.29) is 5.92 Å². The number of alkyl halides is 2. The van der Waals surface area contributed by atoms with E-state index in [0.29, 0.717) is 0 Å². The number of hydrogen-bond acceptors (Lipinski definition) is 2. The van der Waals surface area contributed by atoms with Crippen molar-refractivity contribution >= 4 is 34.5 Å². The van der Waals surface area contributed by atoms with E-state index in [1.54, 1.807) is 11.3 Å². The van der Waals surface area contributed by atoms with Gasteiger partial charge in [-0.15, -0.1) is 11.3 Å². The fourth-order valence-corrected chi connectivity index (χ4v) is 6.77. The maximum Gasteiger partial charge on any atom is 0.186 e. The van der Waals surface area contributed by atoms with Crippen molar-refractivity contribution in [1.29, 1.82) is 0 Å². The second kappa shape index (κ2) is 5.03. The van der Waals surface area contributed by atoms with Gasteiger partial charge in [0.05, 0.1) is 10.3 Å². The zero-order valence-corrected chi connectivity index (χ0v) is 15.9. The molecule has 1 fully saturated rings. The Balaban J connectivity index is 1.81. The first-order valence-electron chi connectivity index (χ1n) is 8.29. The lowest BCUT2D eigenvalue weighted by Gasteiger charge is -2.36. The van der Waals surface area contributed by atoms with Gasteiger partial charge in [0.1, 0.15) is 5.75 Å². The van der Waals surface area contributed by atoms with E-state index < -0.39 is 15.3 Å². The molecule has 25 heavy (non-hydrogen) atoms. The summed E-state index contributed by atoms with van der Waals surface area (Å²) in [6.45, 7) is 2.15. The van der Waals surface area contributed by atoms with E-state index in [1.807, 2.05) is 35.7 Å². The number of ether oxygens (including phenoxy) is 1. The summed E-state index contributed by atoms with van der Waals surface area (Å²) >= 11 is 15.6. The molecule has 0 radical (unpaired) electrons. The zero-order chi connectivity index (χ0) is 17.3. The number of thiophene rings is 1. The first-order chi connectivity index (χ1) is 12.0. The minimum absolute atomic E-state index is 0.0655. The number of fused-ring (bicyclic) bond motifs is 2. The van der Waals surface area contributed by atoms with Crippen LogP contribution < -0.4 is 4.74 Å². The van der Waals surface area contributed by atoms with Crippen molar-refractivity contribution < 1.29 is 4.74 Å². The molecular formula is C21H16Cl2OS. The SMILES string of the molecule is C[C@@]12[C@H](c3ccccc3)c3ccccc3O[C@]1(c1cccs1)C2(Cl)Cl. The Bertz CT molecular complexity index is 938. The second-order valence-electron chi connectivity index (χ2n) is 6.92. The lowest BCUT2D eigenvalue weighted by Crippen LogP contribution is -2.32. The Morgan fingerprint density at radius 3 is 2.36 bits per heavy atom. The molecule has 1 saturated carbocycles. The minimum atomic E-state index is -1.01. The predicted octanol–water partition coefficient (Wildman–Crippen LogP) is 6.36. The summed E-state index contributed by atoms with van der Waals surface area (Å²) in [5.74, 6) is 0.932. The molecule has 0 saturated heterocycles. The molecule has 2 aromatic carbocycles. The van der Waals surface area contributed by atoms with Crippen LogP contribution in [0.5, 0.6) is 5.75 Å². The fourth-order valence-electron chi connectivity index (χ4n) is 4.56. The van der Waals surface area contributed by atoms with Gasteiger partial charge >= 0.3 is 0 Å². The molecule has 1 aromatic heterocycles. The number of benzene rings is 2. The molecular weight excluding hydrogens is 371 g/mol. The molecule has 0 bridgehead atoms. The van der Waals surface area contributed by atoms with E-state index in [0.717, 1.165) is 16.2 Å². The third-order valence-electron chi connectivity index (χ3n) is 5.83. The number of rotatable bonds is 2. The third-order valence-corrected chi connectivity index (χ3v) is 8.12. The molecule has 0 N–H and O–H groups in total. The van der Waals surface area contributed by atoms with Gasteiger partial charge in [-0.05, 0) is 23.1 Å². The first kappa shape index (κ1) is 15.7. The van der Waals surface area contributed by atoms with Gasteiger partial charge in [-0.3, -0.25) is 0 Å². The van der Waals surface area contributed by atoms with Gasteiger partial charge in [-0.1, -0.05) is 84.7 Å². The summed E-state index contributed by atoms with van der Waals surface area (Å²) in [5.41, 5.74) is 1.17. The molecule has 3 atom stereocenters. The van der Waals surface area contributed by atoms with Crippen molar-refractivity contribution in [2.45, 2.75) is 22.8 Å². The van der Waals surface area contributed by atoms with E-state index >= 15 is 0 Å². The van der Waals surface area contributed by atoms with Crippen molar-refractivity contribution in [3.05, 3.63) is 88.1 Å². The van der Waals surface area contributed by atoms with E-state index in [9.17, 15) is 0 Å². The maximum absolute atomic E-state index is 6.98. The fraction of sp³-hybridized carbons (Fsp3) is 0.238. The van der Waals surface area contributed by atoms with Gasteiger partial charge in [0.25, 0.3) is 0 Å². The molecule has 126 valence electrons. The Morgan fingerprint density at radius 2 is 1.64 bits per heavy atom. The largest absolute Gasteiger partial charge is 0.477 e. The van der Waals surface area contributed by atoms with Crippen LogP contribution in [0.2, 0.25) is 0 Å². The highest BCUT2D eigenvalue weighted by Crippen LogP contribution is 2.85. The second-order valence-corrected chi connectivity index (χ2v) is 9.19. The topological polar surface area (TPSA) is 9.23 Å². The van der Waals surface area contributed by atoms with Crippen molar-refractivity contribution in [3.8, 4) is 5.75 Å². The number of halogens is 2. The summed E-state index contributed by atoms with van der Waals surface area (Å²) in [7, 11) is 0. The third kappa shape index (κ3) is 1.71. The zero-order valence-electron chi connectivity index (χ0n) is 13.6. The van der Waals surface area contributed by atoms with Gasteiger partial charge in [-0.2, -0.15) is 0 Å². The first-order valence-corrected chi connectivity index (χ1v) is 9.92. The molecule has 3 aromatic rings. The molecule has 2 heterocycles. The van der Waals surface area contributed by atoms with Crippen LogP contribution in [0.15, 0.2) is 72.1 Å². The highest BCUT2D eigenvalue weighted by atomic mass is 35.5. The maximum atomic E-state index is 6.98. The molecule has 2 aliphatic rings. The van der Waals surface area contributed by atoms with Crippen molar-refractivity contribution in [2.75, 3.05) is 0 Å². The molecule has 4 heteroatoms. The average Bonchev–Trinajstić information content (AvgIpc) is 3.01. The van der Waals surface area contributed by atoms with Crippen LogP contribution in [0.25, 0.3) is 0 Å². The van der Waals surface area contributed by atoms with Crippen LogP contribution in [-0.2, 0) is 5.60 Å². The van der Waals surface area contributed by atoms with Crippen LogP contribution in [0, 0.1) is 5.41 Å². The highest BCUT2D eigenvalue weighted by Gasteiger charge is 2.92. The lowest BCUT2D eigenvalue weighted by atomic mass is 9.75. The summed E-state index contributed by atoms with van der Waals surface area (Å²) in [4.78, 5) is 1.08. The van der Waals surface area contributed by atoms with Crippen LogP contribution in [0.1, 0.15) is 28.8 Å². The highest BCUT2D eigenvalue weighted by molar-refractivity contribution is 7.10. The summed E-state index contributed by atoms with van der Waals surface area (Å²) in [6, 6.07) is 22.8.